The molecule has 142 valence electrons. The summed E-state index contributed by atoms with van der Waals surface area (Å²) in [5.41, 5.74) is 2.45. The van der Waals surface area contributed by atoms with Crippen LogP contribution in [-0.4, -0.2) is 44.4 Å². The van der Waals surface area contributed by atoms with Gasteiger partial charge in [0.1, 0.15) is 12.2 Å². The Morgan fingerprint density at radius 3 is 2.70 bits per heavy atom. The van der Waals surface area contributed by atoms with Gasteiger partial charge in [-0.1, -0.05) is 24.3 Å². The van der Waals surface area contributed by atoms with Gasteiger partial charge in [0.05, 0.1) is 18.7 Å². The normalized spacial score (nSPS) is 16.6. The summed E-state index contributed by atoms with van der Waals surface area (Å²) in [7, 11) is 0. The van der Waals surface area contributed by atoms with Gasteiger partial charge in [0, 0.05) is 18.7 Å². The SMILES string of the molecule is CCc1ccc(N2CC(C(=O)NCc3cn(CC(=O)O)nn3)CC2=O)cc1. The predicted molar refractivity (Wildman–Crippen MR) is 95.8 cm³/mol. The van der Waals surface area contributed by atoms with Crippen molar-refractivity contribution in [1.29, 1.82) is 0 Å². The van der Waals surface area contributed by atoms with E-state index in [1.165, 1.54) is 16.4 Å². The van der Waals surface area contributed by atoms with Crippen molar-refractivity contribution in [2.45, 2.75) is 32.9 Å². The van der Waals surface area contributed by atoms with Crippen LogP contribution >= 0.6 is 0 Å². The Morgan fingerprint density at radius 2 is 2.04 bits per heavy atom. The lowest BCUT2D eigenvalue weighted by Gasteiger charge is -2.17. The van der Waals surface area contributed by atoms with Gasteiger partial charge in [0.2, 0.25) is 11.8 Å². The third-order valence-corrected chi connectivity index (χ3v) is 4.48. The first kappa shape index (κ1) is 18.6. The van der Waals surface area contributed by atoms with Gasteiger partial charge in [-0.25, -0.2) is 4.68 Å². The minimum atomic E-state index is -1.02. The van der Waals surface area contributed by atoms with Crippen molar-refractivity contribution in [3.05, 3.63) is 41.7 Å². The number of nitrogens with one attached hydrogen (secondary N) is 1. The van der Waals surface area contributed by atoms with E-state index in [0.29, 0.717) is 12.2 Å². The standard InChI is InChI=1S/C18H21N5O4/c1-2-12-3-5-15(6-4-12)23-9-13(7-16(23)24)18(27)19-8-14-10-22(21-20-14)11-17(25)26/h3-6,10,13H,2,7-9,11H2,1H3,(H,19,27)(H,25,26). The highest BCUT2D eigenvalue weighted by atomic mass is 16.4. The second-order valence-corrected chi connectivity index (χ2v) is 6.44. The van der Waals surface area contributed by atoms with E-state index in [4.69, 9.17) is 5.11 Å². The van der Waals surface area contributed by atoms with Crippen LogP contribution in [0.4, 0.5) is 5.69 Å². The zero-order chi connectivity index (χ0) is 19.4. The second-order valence-electron chi connectivity index (χ2n) is 6.44. The van der Waals surface area contributed by atoms with E-state index in [1.54, 1.807) is 4.90 Å². The Labute approximate surface area is 156 Å². The van der Waals surface area contributed by atoms with Gasteiger partial charge in [-0.2, -0.15) is 0 Å². The monoisotopic (exact) mass is 371 g/mol. The maximum atomic E-state index is 12.4. The first-order chi connectivity index (χ1) is 13.0. The van der Waals surface area contributed by atoms with Crippen LogP contribution in [0.15, 0.2) is 30.5 Å². The highest BCUT2D eigenvalue weighted by Gasteiger charge is 2.35. The smallest absolute Gasteiger partial charge is 0.325 e. The Morgan fingerprint density at radius 1 is 1.30 bits per heavy atom. The summed E-state index contributed by atoms with van der Waals surface area (Å²) in [5.74, 6) is -1.76. The molecule has 0 saturated carbocycles. The lowest BCUT2D eigenvalue weighted by atomic mass is 10.1. The van der Waals surface area contributed by atoms with E-state index < -0.39 is 11.9 Å². The van der Waals surface area contributed by atoms with E-state index in [1.807, 2.05) is 24.3 Å². The van der Waals surface area contributed by atoms with Crippen LogP contribution in [0, 0.1) is 5.92 Å². The van der Waals surface area contributed by atoms with Crippen molar-refractivity contribution < 1.29 is 19.5 Å². The van der Waals surface area contributed by atoms with Gasteiger partial charge >= 0.3 is 5.97 Å². The van der Waals surface area contributed by atoms with Crippen LogP contribution < -0.4 is 10.2 Å². The molecule has 9 heteroatoms. The van der Waals surface area contributed by atoms with Crippen molar-refractivity contribution in [2.75, 3.05) is 11.4 Å². The lowest BCUT2D eigenvalue weighted by Crippen LogP contribution is -2.32. The van der Waals surface area contributed by atoms with Gasteiger partial charge in [-0.3, -0.25) is 14.4 Å². The molecule has 1 atom stereocenters. The summed E-state index contributed by atoms with van der Waals surface area (Å²) in [4.78, 5) is 36.9. The maximum Gasteiger partial charge on any atom is 0.325 e. The van der Waals surface area contributed by atoms with Crippen LogP contribution in [0.2, 0.25) is 0 Å². The first-order valence-electron chi connectivity index (χ1n) is 8.74. The number of carbonyl (C=O) groups excluding carboxylic acids is 2. The molecule has 0 bridgehead atoms. The number of amides is 2. The highest BCUT2D eigenvalue weighted by molar-refractivity contribution is 6.00. The molecule has 2 amide bonds. The largest absolute Gasteiger partial charge is 0.480 e. The number of rotatable bonds is 7. The summed E-state index contributed by atoms with van der Waals surface area (Å²) >= 11 is 0. The Balaban J connectivity index is 1.55. The van der Waals surface area contributed by atoms with E-state index in [2.05, 4.69) is 22.6 Å². The average molecular weight is 371 g/mol. The van der Waals surface area contributed by atoms with Crippen molar-refractivity contribution in [3.63, 3.8) is 0 Å². The maximum absolute atomic E-state index is 12.4. The molecule has 1 aromatic carbocycles. The van der Waals surface area contributed by atoms with Gasteiger partial charge in [-0.05, 0) is 24.1 Å². The molecule has 0 spiro atoms. The zero-order valence-corrected chi connectivity index (χ0v) is 15.0. The number of aliphatic carboxylic acids is 1. The minimum Gasteiger partial charge on any atom is -0.480 e. The van der Waals surface area contributed by atoms with E-state index in [0.717, 1.165) is 12.1 Å². The lowest BCUT2D eigenvalue weighted by molar-refractivity contribution is -0.138. The molecule has 1 unspecified atom stereocenters. The van der Waals surface area contributed by atoms with Gasteiger partial charge < -0.3 is 15.3 Å². The number of carboxylic acids is 1. The molecule has 3 rings (SSSR count). The molecule has 1 saturated heterocycles. The molecular weight excluding hydrogens is 350 g/mol. The van der Waals surface area contributed by atoms with E-state index in [-0.39, 0.29) is 31.3 Å². The molecule has 9 nitrogen and oxygen atoms in total. The third kappa shape index (κ3) is 4.49. The fourth-order valence-electron chi connectivity index (χ4n) is 3.00. The molecular formula is C18H21N5O4. The number of aryl methyl sites for hydroxylation is 1. The Bertz CT molecular complexity index is 846. The highest BCUT2D eigenvalue weighted by Crippen LogP contribution is 2.25. The molecule has 1 aliphatic rings. The van der Waals surface area contributed by atoms with Crippen LogP contribution in [-0.2, 0) is 33.9 Å². The summed E-state index contributed by atoms with van der Waals surface area (Å²) in [6.07, 6.45) is 2.55. The number of hydrogen-bond acceptors (Lipinski definition) is 5. The van der Waals surface area contributed by atoms with Crippen LogP contribution in [0.5, 0.6) is 0 Å². The van der Waals surface area contributed by atoms with Crippen LogP contribution in [0.3, 0.4) is 0 Å². The zero-order valence-electron chi connectivity index (χ0n) is 15.0. The molecule has 0 radical (unpaired) electrons. The molecule has 0 aliphatic carbocycles. The number of hydrogen-bond donors (Lipinski definition) is 2. The molecule has 1 fully saturated rings. The molecule has 2 heterocycles. The van der Waals surface area contributed by atoms with E-state index in [9.17, 15) is 14.4 Å². The number of carbonyl (C=O) groups is 3. The second kappa shape index (κ2) is 7.98. The Kier molecular flexibility index (Phi) is 5.49. The summed E-state index contributed by atoms with van der Waals surface area (Å²) in [6, 6.07) is 7.77. The molecule has 27 heavy (non-hydrogen) atoms. The topological polar surface area (TPSA) is 117 Å². The molecule has 1 aliphatic heterocycles. The minimum absolute atomic E-state index is 0.0770. The third-order valence-electron chi connectivity index (χ3n) is 4.48. The molecule has 2 N–H and O–H groups in total. The van der Waals surface area contributed by atoms with Gasteiger partial charge in [-0.15, -0.1) is 5.10 Å². The van der Waals surface area contributed by atoms with Gasteiger partial charge in [0.15, 0.2) is 0 Å². The van der Waals surface area contributed by atoms with Crippen molar-refractivity contribution in [2.24, 2.45) is 5.92 Å². The van der Waals surface area contributed by atoms with Crippen LogP contribution in [0.25, 0.3) is 0 Å². The van der Waals surface area contributed by atoms with Gasteiger partial charge in [0.25, 0.3) is 0 Å². The average Bonchev–Trinajstić information content (AvgIpc) is 3.25. The summed E-state index contributed by atoms with van der Waals surface area (Å²) in [6.45, 7) is 2.25. The van der Waals surface area contributed by atoms with Crippen molar-refractivity contribution in [3.8, 4) is 0 Å². The van der Waals surface area contributed by atoms with Crippen LogP contribution in [0.1, 0.15) is 24.6 Å². The fourth-order valence-corrected chi connectivity index (χ4v) is 3.00. The molecule has 2 aromatic rings. The Hall–Kier alpha value is -3.23. The fraction of sp³-hybridized carbons (Fsp3) is 0.389. The van der Waals surface area contributed by atoms with E-state index >= 15 is 0 Å². The first-order valence-corrected chi connectivity index (χ1v) is 8.74. The number of aromatic nitrogens is 3. The predicted octanol–water partition coefficient (Wildman–Crippen LogP) is 0.594. The molecule has 1 aromatic heterocycles. The number of nitrogens with zero attached hydrogens (tertiary/aromatic N) is 4. The number of benzene rings is 1. The number of anilines is 1. The quantitative estimate of drug-likeness (QED) is 0.736. The summed E-state index contributed by atoms with van der Waals surface area (Å²) < 4.78 is 1.19. The summed E-state index contributed by atoms with van der Waals surface area (Å²) in [5, 5.41) is 19.0. The van der Waals surface area contributed by atoms with Crippen molar-refractivity contribution >= 4 is 23.5 Å². The number of carboxylic acid groups (broad SMARTS) is 1. The van der Waals surface area contributed by atoms with Crippen molar-refractivity contribution in [1.82, 2.24) is 20.3 Å².